The molecule has 1 amide bonds. The fourth-order valence-corrected chi connectivity index (χ4v) is 4.19. The molecule has 0 aromatic heterocycles. The van der Waals surface area contributed by atoms with Crippen LogP contribution in [0.3, 0.4) is 0 Å². The van der Waals surface area contributed by atoms with Crippen LogP contribution in [0.2, 0.25) is 0 Å². The van der Waals surface area contributed by atoms with Crippen molar-refractivity contribution in [2.75, 3.05) is 37.7 Å². The van der Waals surface area contributed by atoms with E-state index in [-0.39, 0.29) is 11.5 Å². The zero-order valence-corrected chi connectivity index (χ0v) is 18.6. The van der Waals surface area contributed by atoms with E-state index in [4.69, 9.17) is 9.47 Å². The highest BCUT2D eigenvalue weighted by Crippen LogP contribution is 2.41. The van der Waals surface area contributed by atoms with Crippen molar-refractivity contribution in [3.8, 4) is 5.75 Å². The van der Waals surface area contributed by atoms with Crippen LogP contribution in [-0.2, 0) is 17.6 Å². The molecule has 0 bridgehead atoms. The Balaban J connectivity index is 1.86. The van der Waals surface area contributed by atoms with Crippen molar-refractivity contribution >= 4 is 11.8 Å². The molecule has 0 unspecified atom stereocenters. The first kappa shape index (κ1) is 20.8. The molecule has 3 rings (SSSR count). The third-order valence-corrected chi connectivity index (χ3v) is 5.27. The first-order chi connectivity index (χ1) is 12.9. The Labute approximate surface area is 170 Å². The van der Waals surface area contributed by atoms with E-state index in [1.165, 1.54) is 22.4 Å². The average Bonchev–Trinajstić information content (AvgIpc) is 2.75. The molecule has 5 heteroatoms. The van der Waals surface area contributed by atoms with Gasteiger partial charge in [0.05, 0.1) is 12.2 Å². The van der Waals surface area contributed by atoms with Crippen LogP contribution >= 0.6 is 0 Å². The lowest BCUT2D eigenvalue weighted by atomic mass is 9.92. The predicted molar refractivity (Wildman–Crippen MR) is 114 cm³/mol. The van der Waals surface area contributed by atoms with E-state index in [1.807, 2.05) is 25.7 Å². The van der Waals surface area contributed by atoms with E-state index in [0.717, 1.165) is 38.3 Å². The lowest BCUT2D eigenvalue weighted by Crippen LogP contribution is -2.39. The molecule has 1 aromatic rings. The van der Waals surface area contributed by atoms with Crippen LogP contribution in [0.5, 0.6) is 5.75 Å². The van der Waals surface area contributed by atoms with Crippen molar-refractivity contribution in [1.82, 2.24) is 4.90 Å². The second-order valence-corrected chi connectivity index (χ2v) is 10.3. The summed E-state index contributed by atoms with van der Waals surface area (Å²) in [5.41, 5.74) is 4.98. The Morgan fingerprint density at radius 1 is 1.11 bits per heavy atom. The van der Waals surface area contributed by atoms with Gasteiger partial charge in [0.1, 0.15) is 18.0 Å². The Morgan fingerprint density at radius 3 is 2.43 bits per heavy atom. The quantitative estimate of drug-likeness (QED) is 0.706. The summed E-state index contributed by atoms with van der Waals surface area (Å²) in [6, 6.07) is 2.21. The molecule has 0 saturated carbocycles. The highest BCUT2D eigenvalue weighted by molar-refractivity contribution is 5.71. The van der Waals surface area contributed by atoms with Crippen molar-refractivity contribution in [1.29, 1.82) is 0 Å². The van der Waals surface area contributed by atoms with Gasteiger partial charge in [-0.05, 0) is 68.7 Å². The third-order valence-electron chi connectivity index (χ3n) is 5.27. The number of nitrogens with zero attached hydrogens (tertiary/aromatic N) is 2. The van der Waals surface area contributed by atoms with Gasteiger partial charge in [-0.25, -0.2) is 4.79 Å². The summed E-state index contributed by atoms with van der Waals surface area (Å²) in [4.78, 5) is 16.9. The lowest BCUT2D eigenvalue weighted by Gasteiger charge is -2.38. The van der Waals surface area contributed by atoms with Gasteiger partial charge in [-0.15, -0.1) is 0 Å². The number of carbonyl (C=O) groups is 1. The molecule has 0 N–H and O–H groups in total. The van der Waals surface area contributed by atoms with Crippen molar-refractivity contribution in [3.63, 3.8) is 0 Å². The van der Waals surface area contributed by atoms with E-state index < -0.39 is 5.60 Å². The molecule has 5 nitrogen and oxygen atoms in total. The van der Waals surface area contributed by atoms with E-state index in [2.05, 4.69) is 38.7 Å². The number of ether oxygens (including phenoxy) is 2. The molecule has 0 fully saturated rings. The van der Waals surface area contributed by atoms with E-state index in [1.54, 1.807) is 0 Å². The molecule has 0 spiro atoms. The first-order valence-corrected chi connectivity index (χ1v) is 10.5. The van der Waals surface area contributed by atoms with Gasteiger partial charge in [0.25, 0.3) is 0 Å². The lowest BCUT2D eigenvalue weighted by molar-refractivity contribution is 0.0258. The maximum Gasteiger partial charge on any atom is 0.410 e. The monoisotopic (exact) mass is 388 g/mol. The molecule has 2 heterocycles. The van der Waals surface area contributed by atoms with Crippen molar-refractivity contribution in [2.24, 2.45) is 5.41 Å². The molecule has 1 aromatic carbocycles. The Kier molecular flexibility index (Phi) is 5.57. The zero-order valence-electron chi connectivity index (χ0n) is 18.6. The van der Waals surface area contributed by atoms with Crippen LogP contribution in [0, 0.1) is 12.3 Å². The van der Waals surface area contributed by atoms with Gasteiger partial charge in [-0.3, -0.25) is 0 Å². The Bertz CT molecular complexity index is 744. The number of hydrogen-bond acceptors (Lipinski definition) is 4. The minimum absolute atomic E-state index is 0.215. The highest BCUT2D eigenvalue weighted by Gasteiger charge is 2.30. The topological polar surface area (TPSA) is 42.0 Å². The van der Waals surface area contributed by atoms with Crippen LogP contribution in [0.15, 0.2) is 6.07 Å². The van der Waals surface area contributed by atoms with Gasteiger partial charge < -0.3 is 19.3 Å². The highest BCUT2D eigenvalue weighted by atomic mass is 16.6. The van der Waals surface area contributed by atoms with Gasteiger partial charge in [-0.2, -0.15) is 0 Å². The van der Waals surface area contributed by atoms with Crippen LogP contribution < -0.4 is 9.64 Å². The summed E-state index contributed by atoms with van der Waals surface area (Å²) in [7, 11) is 0. The standard InChI is InChI=1S/C23H36N2O3/c1-16-18-9-11-24(21(26)28-23(5,6)7)10-8-17(18)14-19-20(16)25(12-13-27-19)15-22(2,3)4/h14H,8-13,15H2,1-7H3. The van der Waals surface area contributed by atoms with Gasteiger partial charge >= 0.3 is 6.09 Å². The average molecular weight is 389 g/mol. The van der Waals surface area contributed by atoms with Crippen LogP contribution in [-0.4, -0.2) is 49.4 Å². The number of anilines is 1. The van der Waals surface area contributed by atoms with Gasteiger partial charge in [0, 0.05) is 19.6 Å². The molecule has 0 atom stereocenters. The SMILES string of the molecule is Cc1c2c(cc3c1N(CC(C)(C)C)CCO3)CCN(C(=O)OC(C)(C)C)CC2. The minimum Gasteiger partial charge on any atom is -0.490 e. The van der Waals surface area contributed by atoms with Crippen molar-refractivity contribution in [2.45, 2.75) is 66.9 Å². The molecule has 2 aliphatic rings. The molecule has 156 valence electrons. The second kappa shape index (κ2) is 7.49. The van der Waals surface area contributed by atoms with E-state index in [0.29, 0.717) is 13.1 Å². The summed E-state index contributed by atoms with van der Waals surface area (Å²) in [6.45, 7) is 18.8. The second-order valence-electron chi connectivity index (χ2n) is 10.3. The van der Waals surface area contributed by atoms with Crippen LogP contribution in [0.25, 0.3) is 0 Å². The Hall–Kier alpha value is -1.91. The number of amides is 1. The predicted octanol–water partition coefficient (Wildman–Crippen LogP) is 4.58. The fourth-order valence-electron chi connectivity index (χ4n) is 4.19. The molecule has 0 aliphatic carbocycles. The smallest absolute Gasteiger partial charge is 0.410 e. The van der Waals surface area contributed by atoms with Gasteiger partial charge in [0.15, 0.2) is 0 Å². The van der Waals surface area contributed by atoms with Gasteiger partial charge in [-0.1, -0.05) is 20.8 Å². The summed E-state index contributed by atoms with van der Waals surface area (Å²) in [6.07, 6.45) is 1.48. The molecule has 0 radical (unpaired) electrons. The number of hydrogen-bond donors (Lipinski definition) is 0. The minimum atomic E-state index is -0.466. The summed E-state index contributed by atoms with van der Waals surface area (Å²) in [5, 5.41) is 0. The number of fused-ring (bicyclic) bond motifs is 2. The van der Waals surface area contributed by atoms with E-state index >= 15 is 0 Å². The molecule has 28 heavy (non-hydrogen) atoms. The zero-order chi connectivity index (χ0) is 20.7. The number of carbonyl (C=O) groups excluding carboxylic acids is 1. The number of benzene rings is 1. The fraction of sp³-hybridized carbons (Fsp3) is 0.696. The molecule has 2 aliphatic heterocycles. The summed E-state index contributed by atoms with van der Waals surface area (Å²) in [5.74, 6) is 0.998. The van der Waals surface area contributed by atoms with Crippen LogP contribution in [0.4, 0.5) is 10.5 Å². The summed E-state index contributed by atoms with van der Waals surface area (Å²) >= 11 is 0. The third kappa shape index (κ3) is 4.73. The maximum absolute atomic E-state index is 12.5. The molecular weight excluding hydrogens is 352 g/mol. The molecular formula is C23H36N2O3. The van der Waals surface area contributed by atoms with Crippen molar-refractivity contribution in [3.05, 3.63) is 22.8 Å². The number of rotatable bonds is 1. The van der Waals surface area contributed by atoms with Gasteiger partial charge in [0.2, 0.25) is 0 Å². The van der Waals surface area contributed by atoms with Crippen LogP contribution in [0.1, 0.15) is 58.2 Å². The largest absolute Gasteiger partial charge is 0.490 e. The normalized spacial score (nSPS) is 17.4. The molecule has 0 saturated heterocycles. The first-order valence-electron chi connectivity index (χ1n) is 10.5. The summed E-state index contributed by atoms with van der Waals surface area (Å²) < 4.78 is 11.6. The Morgan fingerprint density at radius 2 is 1.79 bits per heavy atom. The van der Waals surface area contributed by atoms with E-state index in [9.17, 15) is 4.79 Å². The van der Waals surface area contributed by atoms with Crippen molar-refractivity contribution < 1.29 is 14.3 Å². The maximum atomic E-state index is 12.5.